The number of nitrogens with one attached hydrogen (secondary N) is 1. The molecule has 2 aliphatic carbocycles. The van der Waals surface area contributed by atoms with E-state index in [0.29, 0.717) is 36.7 Å². The van der Waals surface area contributed by atoms with E-state index in [-0.39, 0.29) is 17.6 Å². The zero-order valence-electron chi connectivity index (χ0n) is 19.4. The molecule has 1 fully saturated rings. The fourth-order valence-electron chi connectivity index (χ4n) is 4.58. The molecule has 2 aliphatic rings. The SMILES string of the molecule is O=C(CCC1=CC=C(F)C=CC1)Nc1ncc(-c2ccc(F)cc2)nc1CCC1CCCCC1. The number of aryl methyl sites for hydroxylation is 1. The van der Waals surface area contributed by atoms with Gasteiger partial charge in [0.1, 0.15) is 11.6 Å². The summed E-state index contributed by atoms with van der Waals surface area (Å²) in [6, 6.07) is 6.20. The molecular formula is C28H31F2N3O. The summed E-state index contributed by atoms with van der Waals surface area (Å²) < 4.78 is 26.7. The summed E-state index contributed by atoms with van der Waals surface area (Å²) in [6.45, 7) is 0. The molecule has 4 rings (SSSR count). The minimum Gasteiger partial charge on any atom is -0.309 e. The molecule has 34 heavy (non-hydrogen) atoms. The molecule has 0 spiro atoms. The van der Waals surface area contributed by atoms with Crippen molar-refractivity contribution < 1.29 is 13.6 Å². The van der Waals surface area contributed by atoms with Crippen LogP contribution in [0, 0.1) is 11.7 Å². The lowest BCUT2D eigenvalue weighted by Crippen LogP contribution is -2.16. The number of hydrogen-bond donors (Lipinski definition) is 1. The quantitative estimate of drug-likeness (QED) is 0.448. The van der Waals surface area contributed by atoms with Crippen molar-refractivity contribution in [1.29, 1.82) is 0 Å². The van der Waals surface area contributed by atoms with Crippen LogP contribution in [0.2, 0.25) is 0 Å². The summed E-state index contributed by atoms with van der Waals surface area (Å²) in [4.78, 5) is 22.0. The molecule has 178 valence electrons. The Bertz CT molecular complexity index is 1080. The van der Waals surface area contributed by atoms with Crippen molar-refractivity contribution >= 4 is 11.7 Å². The maximum absolute atomic E-state index is 13.4. The molecule has 1 N–H and O–H groups in total. The van der Waals surface area contributed by atoms with Crippen molar-refractivity contribution in [1.82, 2.24) is 9.97 Å². The smallest absolute Gasteiger partial charge is 0.225 e. The molecule has 1 aromatic carbocycles. The van der Waals surface area contributed by atoms with Crippen molar-refractivity contribution in [3.63, 3.8) is 0 Å². The second-order valence-corrected chi connectivity index (χ2v) is 9.13. The van der Waals surface area contributed by atoms with Gasteiger partial charge in [0.15, 0.2) is 5.82 Å². The molecule has 1 aromatic heterocycles. The Balaban J connectivity index is 1.46. The summed E-state index contributed by atoms with van der Waals surface area (Å²) >= 11 is 0. The number of amides is 1. The van der Waals surface area contributed by atoms with Crippen molar-refractivity contribution in [3.8, 4) is 11.3 Å². The van der Waals surface area contributed by atoms with Gasteiger partial charge in [0.2, 0.25) is 5.91 Å². The molecule has 0 aliphatic heterocycles. The van der Waals surface area contributed by atoms with Gasteiger partial charge in [0, 0.05) is 12.0 Å². The molecule has 0 radical (unpaired) electrons. The summed E-state index contributed by atoms with van der Waals surface area (Å²) in [5, 5.41) is 2.94. The van der Waals surface area contributed by atoms with E-state index < -0.39 is 0 Å². The lowest BCUT2D eigenvalue weighted by atomic mass is 9.86. The van der Waals surface area contributed by atoms with Crippen LogP contribution in [-0.4, -0.2) is 15.9 Å². The predicted molar refractivity (Wildman–Crippen MR) is 131 cm³/mol. The number of carbonyl (C=O) groups is 1. The largest absolute Gasteiger partial charge is 0.309 e. The van der Waals surface area contributed by atoms with Gasteiger partial charge in [0.25, 0.3) is 0 Å². The topological polar surface area (TPSA) is 54.9 Å². The van der Waals surface area contributed by atoms with Gasteiger partial charge in [-0.1, -0.05) is 49.8 Å². The fourth-order valence-corrected chi connectivity index (χ4v) is 4.58. The fraction of sp³-hybridized carbons (Fsp3) is 0.393. The normalized spacial score (nSPS) is 16.5. The standard InChI is InChI=1S/C28H31F2N3O/c29-23-8-4-7-21(9-14-23)11-18-27(34)33-28-25(17-10-20-5-2-1-3-6-20)32-26(19-31-28)22-12-15-24(30)16-13-22/h4,8-9,12-16,19-20H,1-3,5-7,10-11,17-18H2,(H,31,33,34). The first-order valence-electron chi connectivity index (χ1n) is 12.2. The number of benzene rings is 1. The van der Waals surface area contributed by atoms with E-state index in [4.69, 9.17) is 4.98 Å². The van der Waals surface area contributed by atoms with Gasteiger partial charge in [0.05, 0.1) is 17.6 Å². The minimum atomic E-state index is -0.296. The number of rotatable bonds is 8. The van der Waals surface area contributed by atoms with Crippen LogP contribution in [0.15, 0.2) is 66.2 Å². The second kappa shape index (κ2) is 11.8. The van der Waals surface area contributed by atoms with Crippen LogP contribution in [0.25, 0.3) is 11.3 Å². The average molecular weight is 464 g/mol. The van der Waals surface area contributed by atoms with Gasteiger partial charge < -0.3 is 5.32 Å². The first kappa shape index (κ1) is 24.0. The monoisotopic (exact) mass is 463 g/mol. The summed E-state index contributed by atoms with van der Waals surface area (Å²) in [6.07, 6.45) is 17.6. The molecule has 6 heteroatoms. The van der Waals surface area contributed by atoms with Crippen LogP contribution in [0.3, 0.4) is 0 Å². The third-order valence-electron chi connectivity index (χ3n) is 6.57. The van der Waals surface area contributed by atoms with Crippen LogP contribution >= 0.6 is 0 Å². The highest BCUT2D eigenvalue weighted by Crippen LogP contribution is 2.29. The van der Waals surface area contributed by atoms with E-state index in [1.54, 1.807) is 30.5 Å². The van der Waals surface area contributed by atoms with Gasteiger partial charge in [-0.05, 0) is 68.0 Å². The van der Waals surface area contributed by atoms with Crippen molar-refractivity contribution in [2.24, 2.45) is 5.92 Å². The Morgan fingerprint density at radius 1 is 1.03 bits per heavy atom. The summed E-state index contributed by atoms with van der Waals surface area (Å²) in [5.41, 5.74) is 3.23. The number of hydrogen-bond acceptors (Lipinski definition) is 3. The van der Waals surface area contributed by atoms with E-state index in [0.717, 1.165) is 29.7 Å². The van der Waals surface area contributed by atoms with Crippen molar-refractivity contribution in [2.45, 2.75) is 64.2 Å². The summed E-state index contributed by atoms with van der Waals surface area (Å²) in [5.74, 6) is 0.458. The van der Waals surface area contributed by atoms with Crippen LogP contribution in [0.1, 0.15) is 63.5 Å². The second-order valence-electron chi connectivity index (χ2n) is 9.13. The number of nitrogens with zero attached hydrogens (tertiary/aromatic N) is 2. The molecule has 0 saturated heterocycles. The first-order valence-corrected chi connectivity index (χ1v) is 12.2. The zero-order valence-corrected chi connectivity index (χ0v) is 19.4. The Hall–Kier alpha value is -3.15. The number of allylic oxidation sites excluding steroid dienone is 6. The van der Waals surface area contributed by atoms with Gasteiger partial charge in [-0.25, -0.2) is 18.7 Å². The zero-order chi connectivity index (χ0) is 23.8. The van der Waals surface area contributed by atoms with E-state index in [1.165, 1.54) is 56.4 Å². The Labute approximate surface area is 199 Å². The maximum atomic E-state index is 13.4. The van der Waals surface area contributed by atoms with E-state index >= 15 is 0 Å². The molecule has 1 amide bonds. The maximum Gasteiger partial charge on any atom is 0.225 e. The third-order valence-corrected chi connectivity index (χ3v) is 6.57. The van der Waals surface area contributed by atoms with Gasteiger partial charge >= 0.3 is 0 Å². The van der Waals surface area contributed by atoms with Gasteiger partial charge in [-0.2, -0.15) is 0 Å². The lowest BCUT2D eigenvalue weighted by Gasteiger charge is -2.21. The van der Waals surface area contributed by atoms with Crippen LogP contribution in [0.4, 0.5) is 14.6 Å². The number of aromatic nitrogens is 2. The molecule has 1 heterocycles. The Morgan fingerprint density at radius 3 is 2.62 bits per heavy atom. The van der Waals surface area contributed by atoms with Crippen molar-refractivity contribution in [3.05, 3.63) is 77.7 Å². The Kier molecular flexibility index (Phi) is 8.34. The number of anilines is 1. The molecule has 0 atom stereocenters. The highest BCUT2D eigenvalue weighted by molar-refractivity contribution is 5.90. The third kappa shape index (κ3) is 6.92. The van der Waals surface area contributed by atoms with E-state index in [9.17, 15) is 13.6 Å². The van der Waals surface area contributed by atoms with Gasteiger partial charge in [-0.3, -0.25) is 4.79 Å². The number of halogens is 2. The molecular weight excluding hydrogens is 432 g/mol. The van der Waals surface area contributed by atoms with Gasteiger partial charge in [-0.15, -0.1) is 0 Å². The van der Waals surface area contributed by atoms with Crippen LogP contribution < -0.4 is 5.32 Å². The molecule has 4 nitrogen and oxygen atoms in total. The lowest BCUT2D eigenvalue weighted by molar-refractivity contribution is -0.116. The number of carbonyl (C=O) groups excluding carboxylic acids is 1. The predicted octanol–water partition coefficient (Wildman–Crippen LogP) is 7.25. The minimum absolute atomic E-state index is 0.138. The molecule has 0 bridgehead atoms. The highest BCUT2D eigenvalue weighted by Gasteiger charge is 2.17. The highest BCUT2D eigenvalue weighted by atomic mass is 19.1. The first-order chi connectivity index (χ1) is 16.6. The molecule has 1 saturated carbocycles. The Morgan fingerprint density at radius 2 is 1.82 bits per heavy atom. The average Bonchev–Trinajstić information content (AvgIpc) is 3.07. The van der Waals surface area contributed by atoms with E-state index in [1.807, 2.05) is 0 Å². The van der Waals surface area contributed by atoms with Crippen LogP contribution in [0.5, 0.6) is 0 Å². The van der Waals surface area contributed by atoms with Crippen LogP contribution in [-0.2, 0) is 11.2 Å². The molecule has 2 aromatic rings. The van der Waals surface area contributed by atoms with E-state index in [2.05, 4.69) is 10.3 Å². The summed E-state index contributed by atoms with van der Waals surface area (Å²) in [7, 11) is 0. The molecule has 0 unspecified atom stereocenters. The van der Waals surface area contributed by atoms with Crippen molar-refractivity contribution in [2.75, 3.05) is 5.32 Å².